The number of aromatic nitrogens is 1. The van der Waals surface area contributed by atoms with Crippen molar-refractivity contribution in [3.63, 3.8) is 0 Å². The van der Waals surface area contributed by atoms with E-state index < -0.39 is 0 Å². The van der Waals surface area contributed by atoms with Gasteiger partial charge in [-0.05, 0) is 11.5 Å². The lowest BCUT2D eigenvalue weighted by Crippen LogP contribution is -2.18. The van der Waals surface area contributed by atoms with Crippen molar-refractivity contribution < 1.29 is 4.74 Å². The SMILES string of the molecule is COc1cc2ccccc2c(=O)n1C. The zero-order valence-electron chi connectivity index (χ0n) is 8.15. The third kappa shape index (κ3) is 1.18. The normalized spacial score (nSPS) is 10.4. The summed E-state index contributed by atoms with van der Waals surface area (Å²) in [6.45, 7) is 0. The summed E-state index contributed by atoms with van der Waals surface area (Å²) >= 11 is 0. The number of hydrogen-bond acceptors (Lipinski definition) is 2. The van der Waals surface area contributed by atoms with Gasteiger partial charge < -0.3 is 4.74 Å². The lowest BCUT2D eigenvalue weighted by atomic mass is 10.2. The van der Waals surface area contributed by atoms with Crippen LogP contribution in [0.5, 0.6) is 5.88 Å². The van der Waals surface area contributed by atoms with Gasteiger partial charge in [0.05, 0.1) is 7.11 Å². The fraction of sp³-hybridized carbons (Fsp3) is 0.182. The summed E-state index contributed by atoms with van der Waals surface area (Å²) in [4.78, 5) is 11.8. The monoisotopic (exact) mass is 189 g/mol. The fourth-order valence-corrected chi connectivity index (χ4v) is 1.52. The summed E-state index contributed by atoms with van der Waals surface area (Å²) in [5.74, 6) is 0.578. The zero-order chi connectivity index (χ0) is 10.1. The second-order valence-electron chi connectivity index (χ2n) is 3.14. The molecule has 3 heteroatoms. The van der Waals surface area contributed by atoms with Gasteiger partial charge in [0.1, 0.15) is 0 Å². The van der Waals surface area contributed by atoms with Gasteiger partial charge in [0.15, 0.2) is 5.88 Å². The molecule has 0 aliphatic rings. The van der Waals surface area contributed by atoms with E-state index in [-0.39, 0.29) is 5.56 Å². The Bertz CT molecular complexity index is 528. The average molecular weight is 189 g/mol. The quantitative estimate of drug-likeness (QED) is 0.681. The summed E-state index contributed by atoms with van der Waals surface area (Å²) in [7, 11) is 3.26. The number of pyridine rings is 1. The van der Waals surface area contributed by atoms with Gasteiger partial charge in [0.2, 0.25) is 0 Å². The Hall–Kier alpha value is -1.77. The molecule has 0 bridgehead atoms. The minimum Gasteiger partial charge on any atom is -0.482 e. The van der Waals surface area contributed by atoms with Gasteiger partial charge in [-0.3, -0.25) is 9.36 Å². The highest BCUT2D eigenvalue weighted by atomic mass is 16.5. The van der Waals surface area contributed by atoms with Crippen molar-refractivity contribution in [1.82, 2.24) is 4.57 Å². The fourth-order valence-electron chi connectivity index (χ4n) is 1.52. The molecule has 0 aliphatic carbocycles. The number of rotatable bonds is 1. The Balaban J connectivity index is 2.92. The molecule has 0 N–H and O–H groups in total. The zero-order valence-corrected chi connectivity index (χ0v) is 8.15. The predicted octanol–water partition coefficient (Wildman–Crippen LogP) is 1.55. The van der Waals surface area contributed by atoms with E-state index in [1.165, 1.54) is 4.57 Å². The van der Waals surface area contributed by atoms with Crippen LogP contribution in [-0.4, -0.2) is 11.7 Å². The van der Waals surface area contributed by atoms with Gasteiger partial charge in [-0.25, -0.2) is 0 Å². The van der Waals surface area contributed by atoms with Gasteiger partial charge in [0, 0.05) is 18.5 Å². The van der Waals surface area contributed by atoms with E-state index >= 15 is 0 Å². The molecule has 3 nitrogen and oxygen atoms in total. The molecule has 2 rings (SSSR count). The number of ether oxygens (including phenoxy) is 1. The molecule has 1 aromatic carbocycles. The molecule has 1 aromatic heterocycles. The standard InChI is InChI=1S/C11H11NO2/c1-12-10(14-2)7-8-5-3-4-6-9(8)11(12)13/h3-7H,1-2H3. The predicted molar refractivity (Wildman–Crippen MR) is 55.7 cm³/mol. The topological polar surface area (TPSA) is 31.2 Å². The minimum absolute atomic E-state index is 0.0278. The van der Waals surface area contributed by atoms with Gasteiger partial charge in [-0.1, -0.05) is 18.2 Å². The molecular weight excluding hydrogens is 178 g/mol. The van der Waals surface area contributed by atoms with Crippen LogP contribution in [0.4, 0.5) is 0 Å². The van der Waals surface area contributed by atoms with Crippen molar-refractivity contribution in [2.24, 2.45) is 7.05 Å². The Labute approximate surface area is 81.5 Å². The van der Waals surface area contributed by atoms with Crippen molar-refractivity contribution in [3.05, 3.63) is 40.7 Å². The van der Waals surface area contributed by atoms with Crippen LogP contribution >= 0.6 is 0 Å². The lowest BCUT2D eigenvalue weighted by Gasteiger charge is -2.07. The van der Waals surface area contributed by atoms with Crippen LogP contribution in [0.3, 0.4) is 0 Å². The number of methoxy groups -OCH3 is 1. The van der Waals surface area contributed by atoms with Crippen molar-refractivity contribution in [2.45, 2.75) is 0 Å². The Morgan fingerprint density at radius 1 is 1.29 bits per heavy atom. The Morgan fingerprint density at radius 3 is 2.71 bits per heavy atom. The van der Waals surface area contributed by atoms with Gasteiger partial charge in [-0.15, -0.1) is 0 Å². The number of nitrogens with zero attached hydrogens (tertiary/aromatic N) is 1. The van der Waals surface area contributed by atoms with E-state index in [1.54, 1.807) is 14.2 Å². The molecule has 0 saturated heterocycles. The van der Waals surface area contributed by atoms with E-state index in [0.717, 1.165) is 10.8 Å². The first kappa shape index (κ1) is 8.81. The number of hydrogen-bond donors (Lipinski definition) is 0. The molecule has 0 spiro atoms. The highest BCUT2D eigenvalue weighted by Crippen LogP contribution is 2.15. The van der Waals surface area contributed by atoms with Gasteiger partial charge in [-0.2, -0.15) is 0 Å². The van der Waals surface area contributed by atoms with Crippen molar-refractivity contribution >= 4 is 10.8 Å². The summed E-state index contributed by atoms with van der Waals surface area (Å²) in [5.41, 5.74) is -0.0278. The first-order valence-corrected chi connectivity index (χ1v) is 4.37. The molecule has 1 heterocycles. The second-order valence-corrected chi connectivity index (χ2v) is 3.14. The van der Waals surface area contributed by atoms with E-state index in [2.05, 4.69) is 0 Å². The summed E-state index contributed by atoms with van der Waals surface area (Å²) in [6, 6.07) is 9.34. The molecule has 14 heavy (non-hydrogen) atoms. The third-order valence-corrected chi connectivity index (χ3v) is 2.31. The molecule has 0 radical (unpaired) electrons. The molecule has 2 aromatic rings. The Morgan fingerprint density at radius 2 is 2.00 bits per heavy atom. The Kier molecular flexibility index (Phi) is 2.00. The summed E-state index contributed by atoms with van der Waals surface area (Å²) in [5, 5.41) is 1.63. The minimum atomic E-state index is -0.0278. The molecule has 0 atom stereocenters. The van der Waals surface area contributed by atoms with E-state index in [9.17, 15) is 4.79 Å². The van der Waals surface area contributed by atoms with Gasteiger partial charge >= 0.3 is 0 Å². The maximum absolute atomic E-state index is 11.8. The van der Waals surface area contributed by atoms with Crippen LogP contribution in [0, 0.1) is 0 Å². The van der Waals surface area contributed by atoms with Crippen molar-refractivity contribution in [2.75, 3.05) is 7.11 Å². The molecule has 0 amide bonds. The van der Waals surface area contributed by atoms with Crippen LogP contribution in [-0.2, 0) is 7.05 Å². The first-order valence-electron chi connectivity index (χ1n) is 4.37. The molecule has 72 valence electrons. The van der Waals surface area contributed by atoms with Crippen LogP contribution < -0.4 is 10.3 Å². The summed E-state index contributed by atoms with van der Waals surface area (Å²) in [6.07, 6.45) is 0. The number of fused-ring (bicyclic) bond motifs is 1. The summed E-state index contributed by atoms with van der Waals surface area (Å²) < 4.78 is 6.60. The number of benzene rings is 1. The highest BCUT2D eigenvalue weighted by molar-refractivity contribution is 5.82. The van der Waals surface area contributed by atoms with Crippen LogP contribution in [0.2, 0.25) is 0 Å². The van der Waals surface area contributed by atoms with Crippen LogP contribution in [0.25, 0.3) is 10.8 Å². The maximum atomic E-state index is 11.8. The maximum Gasteiger partial charge on any atom is 0.260 e. The lowest BCUT2D eigenvalue weighted by molar-refractivity contribution is 0.377. The molecule has 0 saturated carbocycles. The largest absolute Gasteiger partial charge is 0.482 e. The smallest absolute Gasteiger partial charge is 0.260 e. The van der Waals surface area contributed by atoms with Crippen LogP contribution in [0.1, 0.15) is 0 Å². The molecule has 0 aliphatic heterocycles. The highest BCUT2D eigenvalue weighted by Gasteiger charge is 2.04. The van der Waals surface area contributed by atoms with Crippen molar-refractivity contribution in [1.29, 1.82) is 0 Å². The molecule has 0 fully saturated rings. The molecular formula is C11H11NO2. The van der Waals surface area contributed by atoms with Crippen molar-refractivity contribution in [3.8, 4) is 5.88 Å². The van der Waals surface area contributed by atoms with E-state index in [0.29, 0.717) is 5.88 Å². The van der Waals surface area contributed by atoms with Crippen LogP contribution in [0.15, 0.2) is 35.1 Å². The van der Waals surface area contributed by atoms with Gasteiger partial charge in [0.25, 0.3) is 5.56 Å². The molecule has 0 unspecified atom stereocenters. The average Bonchev–Trinajstić information content (AvgIpc) is 2.23. The van der Waals surface area contributed by atoms with E-state index in [1.807, 2.05) is 30.3 Å². The third-order valence-electron chi connectivity index (χ3n) is 2.31. The second kappa shape index (κ2) is 3.18. The first-order chi connectivity index (χ1) is 6.74. The van der Waals surface area contributed by atoms with E-state index in [4.69, 9.17) is 4.74 Å².